The Labute approximate surface area is 169 Å². The summed E-state index contributed by atoms with van der Waals surface area (Å²) < 4.78 is 0. The lowest BCUT2D eigenvalue weighted by Gasteiger charge is -2.16. The highest BCUT2D eigenvalue weighted by Gasteiger charge is 2.37. The van der Waals surface area contributed by atoms with Gasteiger partial charge in [0, 0.05) is 5.56 Å². The van der Waals surface area contributed by atoms with Crippen molar-refractivity contribution < 1.29 is 14.4 Å². The maximum atomic E-state index is 13.0. The minimum Gasteiger partial charge on any atom is -0.346 e. The highest BCUT2D eigenvalue weighted by Crippen LogP contribution is 2.31. The van der Waals surface area contributed by atoms with Crippen LogP contribution in [0.2, 0.25) is 0 Å². The number of hydrogen-bond acceptors (Lipinski definition) is 3. The molecule has 0 saturated carbocycles. The Morgan fingerprint density at radius 1 is 0.862 bits per heavy atom. The standard InChI is InChI=1S/C24H20N2O3/c1-15-8-6-7-11-21(15)26-23(28)19-13-12-18(14-20(19)24(26)29)22(27)25-16(2)17-9-4-3-5-10-17/h3-14,16H,1-2H3,(H,25,27). The van der Waals surface area contributed by atoms with E-state index in [-0.39, 0.29) is 23.4 Å². The third kappa shape index (κ3) is 3.31. The summed E-state index contributed by atoms with van der Waals surface area (Å²) in [5.74, 6) is -1.08. The molecule has 0 saturated heterocycles. The van der Waals surface area contributed by atoms with Crippen molar-refractivity contribution in [2.45, 2.75) is 19.9 Å². The van der Waals surface area contributed by atoms with E-state index >= 15 is 0 Å². The number of nitrogens with zero attached hydrogens (tertiary/aromatic N) is 1. The van der Waals surface area contributed by atoms with Gasteiger partial charge >= 0.3 is 0 Å². The smallest absolute Gasteiger partial charge is 0.266 e. The molecule has 3 aromatic rings. The molecule has 0 aromatic heterocycles. The zero-order chi connectivity index (χ0) is 20.5. The summed E-state index contributed by atoms with van der Waals surface area (Å²) in [6.07, 6.45) is 0. The van der Waals surface area contributed by atoms with Gasteiger partial charge in [0.1, 0.15) is 0 Å². The van der Waals surface area contributed by atoms with Crippen LogP contribution in [0.3, 0.4) is 0 Å². The van der Waals surface area contributed by atoms with Crippen molar-refractivity contribution in [1.29, 1.82) is 0 Å². The summed E-state index contributed by atoms with van der Waals surface area (Å²) in [6.45, 7) is 3.75. The largest absolute Gasteiger partial charge is 0.346 e. The molecule has 1 atom stereocenters. The molecule has 1 unspecified atom stereocenters. The Morgan fingerprint density at radius 3 is 2.24 bits per heavy atom. The number of anilines is 1. The maximum Gasteiger partial charge on any atom is 0.266 e. The third-order valence-electron chi connectivity index (χ3n) is 5.15. The Bertz CT molecular complexity index is 1120. The van der Waals surface area contributed by atoms with Gasteiger partial charge in [-0.15, -0.1) is 0 Å². The number of amides is 3. The van der Waals surface area contributed by atoms with Crippen LogP contribution in [0, 0.1) is 6.92 Å². The molecular weight excluding hydrogens is 364 g/mol. The summed E-state index contributed by atoms with van der Waals surface area (Å²) in [5.41, 5.74) is 3.28. The molecule has 4 rings (SSSR count). The molecule has 0 aliphatic carbocycles. The predicted octanol–water partition coefficient (Wildman–Crippen LogP) is 4.29. The maximum absolute atomic E-state index is 13.0. The number of rotatable bonds is 4. The van der Waals surface area contributed by atoms with Gasteiger partial charge in [-0.2, -0.15) is 0 Å². The van der Waals surface area contributed by atoms with E-state index in [1.165, 1.54) is 11.0 Å². The van der Waals surface area contributed by atoms with Gasteiger partial charge in [-0.1, -0.05) is 48.5 Å². The number of benzene rings is 3. The Hall–Kier alpha value is -3.73. The molecule has 0 radical (unpaired) electrons. The first-order valence-corrected chi connectivity index (χ1v) is 9.41. The van der Waals surface area contributed by atoms with Crippen LogP contribution in [0.25, 0.3) is 0 Å². The van der Waals surface area contributed by atoms with Crippen molar-refractivity contribution in [3.05, 3.63) is 101 Å². The van der Waals surface area contributed by atoms with Gasteiger partial charge in [0.25, 0.3) is 17.7 Å². The van der Waals surface area contributed by atoms with Crippen LogP contribution >= 0.6 is 0 Å². The monoisotopic (exact) mass is 384 g/mol. The molecule has 29 heavy (non-hydrogen) atoms. The lowest BCUT2D eigenvalue weighted by molar-refractivity contribution is 0.0921. The van der Waals surface area contributed by atoms with Crippen LogP contribution < -0.4 is 10.2 Å². The summed E-state index contributed by atoms with van der Waals surface area (Å²) in [4.78, 5) is 39.6. The van der Waals surface area contributed by atoms with Crippen LogP contribution in [-0.4, -0.2) is 17.7 Å². The molecule has 0 spiro atoms. The van der Waals surface area contributed by atoms with E-state index < -0.39 is 5.91 Å². The molecule has 144 valence electrons. The molecule has 3 amide bonds. The lowest BCUT2D eigenvalue weighted by atomic mass is 10.0. The van der Waals surface area contributed by atoms with E-state index in [1.807, 2.05) is 56.3 Å². The summed E-state index contributed by atoms with van der Waals surface area (Å²) in [5, 5.41) is 2.93. The summed E-state index contributed by atoms with van der Waals surface area (Å²) in [6, 6.07) is 21.3. The molecule has 1 aliphatic heterocycles. The van der Waals surface area contributed by atoms with E-state index in [1.54, 1.807) is 24.3 Å². The van der Waals surface area contributed by atoms with Crippen molar-refractivity contribution in [2.75, 3.05) is 4.90 Å². The minimum atomic E-state index is -0.412. The molecule has 3 aromatic carbocycles. The van der Waals surface area contributed by atoms with Crippen molar-refractivity contribution in [2.24, 2.45) is 0 Å². The third-order valence-corrected chi connectivity index (χ3v) is 5.15. The minimum absolute atomic E-state index is 0.183. The van der Waals surface area contributed by atoms with Gasteiger partial charge in [-0.25, -0.2) is 4.90 Å². The first-order chi connectivity index (χ1) is 14.0. The van der Waals surface area contributed by atoms with Crippen molar-refractivity contribution in [3.8, 4) is 0 Å². The SMILES string of the molecule is Cc1ccccc1N1C(=O)c2ccc(C(=O)NC(C)c3ccccc3)cc2C1=O. The number of fused-ring (bicyclic) bond motifs is 1. The quantitative estimate of drug-likeness (QED) is 0.683. The average Bonchev–Trinajstić information content (AvgIpc) is 2.99. The van der Waals surface area contributed by atoms with Crippen molar-refractivity contribution in [3.63, 3.8) is 0 Å². The number of aryl methyl sites for hydroxylation is 1. The fraction of sp³-hybridized carbons (Fsp3) is 0.125. The Kier molecular flexibility index (Phi) is 4.72. The van der Waals surface area contributed by atoms with Gasteiger partial charge in [-0.05, 0) is 49.2 Å². The van der Waals surface area contributed by atoms with Crippen LogP contribution in [0.4, 0.5) is 5.69 Å². The van der Waals surface area contributed by atoms with Crippen LogP contribution in [-0.2, 0) is 0 Å². The second kappa shape index (κ2) is 7.36. The van der Waals surface area contributed by atoms with E-state index in [0.29, 0.717) is 16.8 Å². The molecule has 5 nitrogen and oxygen atoms in total. The van der Waals surface area contributed by atoms with Gasteiger partial charge in [0.15, 0.2) is 0 Å². The molecule has 1 N–H and O–H groups in total. The second-order valence-electron chi connectivity index (χ2n) is 7.10. The number of carbonyl (C=O) groups excluding carboxylic acids is 3. The van der Waals surface area contributed by atoms with E-state index in [2.05, 4.69) is 5.32 Å². The predicted molar refractivity (Wildman–Crippen MR) is 111 cm³/mol. The molecule has 0 bridgehead atoms. The Balaban J connectivity index is 1.61. The van der Waals surface area contributed by atoms with Gasteiger partial charge in [0.05, 0.1) is 22.9 Å². The van der Waals surface area contributed by atoms with E-state index in [4.69, 9.17) is 0 Å². The average molecular weight is 384 g/mol. The highest BCUT2D eigenvalue weighted by atomic mass is 16.2. The molecule has 5 heteroatoms. The van der Waals surface area contributed by atoms with Crippen molar-refractivity contribution >= 4 is 23.4 Å². The normalized spacial score (nSPS) is 13.9. The zero-order valence-corrected chi connectivity index (χ0v) is 16.2. The van der Waals surface area contributed by atoms with E-state index in [0.717, 1.165) is 11.1 Å². The number of hydrogen-bond donors (Lipinski definition) is 1. The van der Waals surface area contributed by atoms with Gasteiger partial charge < -0.3 is 5.32 Å². The summed E-state index contributed by atoms with van der Waals surface area (Å²) in [7, 11) is 0. The van der Waals surface area contributed by atoms with Crippen molar-refractivity contribution in [1.82, 2.24) is 5.32 Å². The molecule has 0 fully saturated rings. The first-order valence-electron chi connectivity index (χ1n) is 9.41. The van der Waals surface area contributed by atoms with E-state index in [9.17, 15) is 14.4 Å². The highest BCUT2D eigenvalue weighted by molar-refractivity contribution is 6.35. The molecule has 1 aliphatic rings. The zero-order valence-electron chi connectivity index (χ0n) is 16.2. The lowest BCUT2D eigenvalue weighted by Crippen LogP contribution is -2.30. The number of para-hydroxylation sites is 1. The topological polar surface area (TPSA) is 66.5 Å². The van der Waals surface area contributed by atoms with Crippen LogP contribution in [0.5, 0.6) is 0 Å². The second-order valence-corrected chi connectivity index (χ2v) is 7.10. The Morgan fingerprint density at radius 2 is 1.52 bits per heavy atom. The summed E-state index contributed by atoms with van der Waals surface area (Å²) >= 11 is 0. The number of carbonyl (C=O) groups is 3. The van der Waals surface area contributed by atoms with Crippen LogP contribution in [0.1, 0.15) is 55.2 Å². The fourth-order valence-electron chi connectivity index (χ4n) is 3.52. The molecule has 1 heterocycles. The number of nitrogens with one attached hydrogen (secondary N) is 1. The van der Waals surface area contributed by atoms with Gasteiger partial charge in [-0.3, -0.25) is 14.4 Å². The fourth-order valence-corrected chi connectivity index (χ4v) is 3.52. The van der Waals surface area contributed by atoms with Gasteiger partial charge in [0.2, 0.25) is 0 Å². The molecular formula is C24H20N2O3. The first kappa shape index (κ1) is 18.6. The number of imide groups is 1. The van der Waals surface area contributed by atoms with Crippen LogP contribution in [0.15, 0.2) is 72.8 Å².